The number of methoxy groups -OCH3 is 1. The summed E-state index contributed by atoms with van der Waals surface area (Å²) in [7, 11) is 1.71. The highest BCUT2D eigenvalue weighted by atomic mass is 16.5. The van der Waals surface area contributed by atoms with Crippen LogP contribution in [0.25, 0.3) is 0 Å². The van der Waals surface area contributed by atoms with Gasteiger partial charge in [-0.25, -0.2) is 0 Å². The molecule has 96 valence electrons. The van der Waals surface area contributed by atoms with Gasteiger partial charge in [0.05, 0.1) is 12.2 Å². The quantitative estimate of drug-likeness (QED) is 0.572. The van der Waals surface area contributed by atoms with Crippen molar-refractivity contribution in [3.63, 3.8) is 0 Å². The van der Waals surface area contributed by atoms with Gasteiger partial charge in [-0.3, -0.25) is 0 Å². The van der Waals surface area contributed by atoms with E-state index in [9.17, 15) is 5.11 Å². The van der Waals surface area contributed by atoms with E-state index in [2.05, 4.69) is 5.32 Å². The summed E-state index contributed by atoms with van der Waals surface area (Å²) in [5, 5.41) is 13.6. The van der Waals surface area contributed by atoms with E-state index in [-0.39, 0.29) is 0 Å². The Morgan fingerprint density at radius 1 is 1.44 bits per heavy atom. The van der Waals surface area contributed by atoms with Crippen LogP contribution in [0, 0.1) is 0 Å². The number of rotatable bonds is 8. The molecule has 1 aliphatic rings. The molecule has 1 saturated carbocycles. The first-order valence-corrected chi connectivity index (χ1v) is 6.35. The predicted octanol–water partition coefficient (Wildman–Crippen LogP) is 0.635. The van der Waals surface area contributed by atoms with Gasteiger partial charge in [-0.1, -0.05) is 12.8 Å². The van der Waals surface area contributed by atoms with Crippen molar-refractivity contribution in [2.75, 3.05) is 26.8 Å². The number of hydrogen-bond acceptors (Lipinski definition) is 4. The topological polar surface area (TPSA) is 67.5 Å². The molecular weight excluding hydrogens is 204 g/mol. The van der Waals surface area contributed by atoms with Crippen LogP contribution >= 0.6 is 0 Å². The first-order valence-electron chi connectivity index (χ1n) is 6.35. The molecule has 4 N–H and O–H groups in total. The summed E-state index contributed by atoms with van der Waals surface area (Å²) in [5.74, 6) is 0. The number of nitrogens with one attached hydrogen (secondary N) is 1. The fourth-order valence-electron chi connectivity index (χ4n) is 2.35. The van der Waals surface area contributed by atoms with E-state index < -0.39 is 5.60 Å². The summed E-state index contributed by atoms with van der Waals surface area (Å²) in [5.41, 5.74) is 5.02. The molecule has 0 saturated heterocycles. The van der Waals surface area contributed by atoms with Crippen molar-refractivity contribution in [1.82, 2.24) is 5.32 Å². The Bertz CT molecular complexity index is 182. The zero-order chi connectivity index (χ0) is 11.9. The number of hydrogen-bond donors (Lipinski definition) is 3. The van der Waals surface area contributed by atoms with Crippen LogP contribution in [0.1, 0.15) is 38.5 Å². The molecule has 0 bridgehead atoms. The maximum Gasteiger partial charge on any atom is 0.0771 e. The normalized spacial score (nSPS) is 21.2. The van der Waals surface area contributed by atoms with E-state index in [0.717, 1.165) is 38.5 Å². The van der Waals surface area contributed by atoms with Gasteiger partial charge in [-0.05, 0) is 32.2 Å². The Balaban J connectivity index is 2.24. The average molecular weight is 230 g/mol. The fraction of sp³-hybridized carbons (Fsp3) is 1.00. The van der Waals surface area contributed by atoms with E-state index >= 15 is 0 Å². The second-order valence-electron chi connectivity index (χ2n) is 4.90. The summed E-state index contributed by atoms with van der Waals surface area (Å²) in [6.07, 6.45) is 6.17. The third kappa shape index (κ3) is 4.78. The molecule has 16 heavy (non-hydrogen) atoms. The Labute approximate surface area is 98.5 Å². The molecular formula is C12H26N2O2. The van der Waals surface area contributed by atoms with Gasteiger partial charge in [0.15, 0.2) is 0 Å². The second-order valence-corrected chi connectivity index (χ2v) is 4.90. The van der Waals surface area contributed by atoms with Crippen LogP contribution in [0.2, 0.25) is 0 Å². The molecule has 1 rings (SSSR count). The number of nitrogens with two attached hydrogens (primary N) is 1. The van der Waals surface area contributed by atoms with Crippen molar-refractivity contribution in [2.24, 2.45) is 5.73 Å². The van der Waals surface area contributed by atoms with Crippen LogP contribution in [-0.2, 0) is 4.74 Å². The van der Waals surface area contributed by atoms with Gasteiger partial charge in [0.1, 0.15) is 0 Å². The Hall–Kier alpha value is -0.160. The summed E-state index contributed by atoms with van der Waals surface area (Å²) >= 11 is 0. The standard InChI is InChI=1S/C12H26N2O2/c1-16-9-11(5-4-8-13)14-10-12(15)6-2-3-7-12/h11,14-15H,2-10,13H2,1H3. The van der Waals surface area contributed by atoms with Crippen molar-refractivity contribution in [3.05, 3.63) is 0 Å². The van der Waals surface area contributed by atoms with Gasteiger partial charge in [-0.2, -0.15) is 0 Å². The first-order chi connectivity index (χ1) is 7.70. The molecule has 1 unspecified atom stereocenters. The lowest BCUT2D eigenvalue weighted by Crippen LogP contribution is -2.44. The smallest absolute Gasteiger partial charge is 0.0771 e. The minimum absolute atomic E-state index is 0.318. The van der Waals surface area contributed by atoms with Crippen molar-refractivity contribution in [1.29, 1.82) is 0 Å². The van der Waals surface area contributed by atoms with Gasteiger partial charge in [0.2, 0.25) is 0 Å². The number of ether oxygens (including phenoxy) is 1. The van der Waals surface area contributed by atoms with Crippen LogP contribution in [0.3, 0.4) is 0 Å². The van der Waals surface area contributed by atoms with Crippen molar-refractivity contribution in [2.45, 2.75) is 50.2 Å². The van der Waals surface area contributed by atoms with Crippen molar-refractivity contribution >= 4 is 0 Å². The molecule has 1 fully saturated rings. The molecule has 1 atom stereocenters. The van der Waals surface area contributed by atoms with Crippen LogP contribution in [0.15, 0.2) is 0 Å². The van der Waals surface area contributed by atoms with Gasteiger partial charge in [-0.15, -0.1) is 0 Å². The molecule has 0 aromatic carbocycles. The van der Waals surface area contributed by atoms with E-state index in [1.54, 1.807) is 7.11 Å². The summed E-state index contributed by atoms with van der Waals surface area (Å²) in [6.45, 7) is 2.09. The highest BCUT2D eigenvalue weighted by Crippen LogP contribution is 2.28. The largest absolute Gasteiger partial charge is 0.389 e. The van der Waals surface area contributed by atoms with Crippen LogP contribution < -0.4 is 11.1 Å². The van der Waals surface area contributed by atoms with Gasteiger partial charge < -0.3 is 20.9 Å². The molecule has 1 aliphatic carbocycles. The average Bonchev–Trinajstić information content (AvgIpc) is 2.70. The Morgan fingerprint density at radius 2 is 2.12 bits per heavy atom. The Morgan fingerprint density at radius 3 is 2.69 bits per heavy atom. The summed E-state index contributed by atoms with van der Waals surface area (Å²) < 4.78 is 5.16. The molecule has 0 heterocycles. The monoisotopic (exact) mass is 230 g/mol. The molecule has 0 radical (unpaired) electrons. The molecule has 0 aromatic heterocycles. The fourth-order valence-corrected chi connectivity index (χ4v) is 2.35. The third-order valence-electron chi connectivity index (χ3n) is 3.38. The lowest BCUT2D eigenvalue weighted by molar-refractivity contribution is 0.0400. The van der Waals surface area contributed by atoms with E-state index in [1.165, 1.54) is 0 Å². The van der Waals surface area contributed by atoms with Crippen molar-refractivity contribution < 1.29 is 9.84 Å². The second kappa shape index (κ2) is 7.22. The molecule has 0 aromatic rings. The lowest BCUT2D eigenvalue weighted by atomic mass is 10.0. The minimum Gasteiger partial charge on any atom is -0.389 e. The van der Waals surface area contributed by atoms with Crippen LogP contribution in [-0.4, -0.2) is 43.6 Å². The minimum atomic E-state index is -0.477. The summed E-state index contributed by atoms with van der Waals surface area (Å²) in [6, 6.07) is 0.318. The lowest BCUT2D eigenvalue weighted by Gasteiger charge is -2.26. The van der Waals surface area contributed by atoms with E-state index in [0.29, 0.717) is 25.7 Å². The van der Waals surface area contributed by atoms with Crippen LogP contribution in [0.5, 0.6) is 0 Å². The molecule has 0 aliphatic heterocycles. The highest BCUT2D eigenvalue weighted by molar-refractivity contribution is 4.87. The number of aliphatic hydroxyl groups is 1. The Kier molecular flexibility index (Phi) is 6.28. The highest BCUT2D eigenvalue weighted by Gasteiger charge is 2.31. The molecule has 4 nitrogen and oxygen atoms in total. The van der Waals surface area contributed by atoms with Crippen LogP contribution in [0.4, 0.5) is 0 Å². The summed E-state index contributed by atoms with van der Waals surface area (Å²) in [4.78, 5) is 0. The van der Waals surface area contributed by atoms with Gasteiger partial charge in [0.25, 0.3) is 0 Å². The predicted molar refractivity (Wildman–Crippen MR) is 65.4 cm³/mol. The molecule has 0 amide bonds. The molecule has 0 spiro atoms. The zero-order valence-electron chi connectivity index (χ0n) is 10.4. The SMILES string of the molecule is COCC(CCCN)NCC1(O)CCCC1. The van der Waals surface area contributed by atoms with E-state index in [1.807, 2.05) is 0 Å². The van der Waals surface area contributed by atoms with Gasteiger partial charge >= 0.3 is 0 Å². The molecule has 4 heteroatoms. The van der Waals surface area contributed by atoms with Gasteiger partial charge in [0, 0.05) is 19.7 Å². The third-order valence-corrected chi connectivity index (χ3v) is 3.38. The van der Waals surface area contributed by atoms with Crippen molar-refractivity contribution in [3.8, 4) is 0 Å². The first kappa shape index (κ1) is 13.9. The zero-order valence-corrected chi connectivity index (χ0v) is 10.4. The van der Waals surface area contributed by atoms with E-state index in [4.69, 9.17) is 10.5 Å². The maximum absolute atomic E-state index is 10.2. The maximum atomic E-state index is 10.2.